The highest BCUT2D eigenvalue weighted by atomic mass is 32.1. The van der Waals surface area contributed by atoms with Gasteiger partial charge in [0.1, 0.15) is 5.65 Å². The second-order valence-electron chi connectivity index (χ2n) is 6.41. The van der Waals surface area contributed by atoms with Gasteiger partial charge < -0.3 is 0 Å². The number of H-pyrrole nitrogens is 1. The first-order valence-corrected chi connectivity index (χ1v) is 8.72. The van der Waals surface area contributed by atoms with Gasteiger partial charge in [-0.2, -0.15) is 18.3 Å². The number of nitrogens with zero attached hydrogens (tertiary/aromatic N) is 4. The van der Waals surface area contributed by atoms with Crippen LogP contribution in [0.3, 0.4) is 0 Å². The minimum atomic E-state index is -4.73. The molecule has 1 unspecified atom stereocenters. The standard InChI is InChI=1S/C17H18F3N5OS/c1-5-8(2)25-14-13(15(26)23-16(25)27)11(17(18,19)20)6-12(22-14)10-7-21-24(4)9(10)3/h6-8H,5H2,1-4H3,(H,23,26,27). The lowest BCUT2D eigenvalue weighted by molar-refractivity contribution is -0.136. The van der Waals surface area contributed by atoms with Crippen molar-refractivity contribution in [2.24, 2.45) is 7.05 Å². The summed E-state index contributed by atoms with van der Waals surface area (Å²) in [4.78, 5) is 19.1. The topological polar surface area (TPSA) is 68.5 Å². The molecule has 0 amide bonds. The van der Waals surface area contributed by atoms with Gasteiger partial charge in [0.15, 0.2) is 4.77 Å². The zero-order chi connectivity index (χ0) is 20.1. The number of fused-ring (bicyclic) bond motifs is 1. The lowest BCUT2D eigenvalue weighted by atomic mass is 10.1. The molecular formula is C17H18F3N5OS. The van der Waals surface area contributed by atoms with Gasteiger partial charge in [-0.15, -0.1) is 0 Å². The number of aryl methyl sites for hydroxylation is 1. The highest BCUT2D eigenvalue weighted by Gasteiger charge is 2.36. The van der Waals surface area contributed by atoms with Crippen molar-refractivity contribution < 1.29 is 13.2 Å². The van der Waals surface area contributed by atoms with E-state index in [9.17, 15) is 18.0 Å². The Morgan fingerprint density at radius 1 is 1.37 bits per heavy atom. The maximum Gasteiger partial charge on any atom is 0.417 e. The largest absolute Gasteiger partial charge is 0.417 e. The number of halogens is 3. The Bertz CT molecular complexity index is 1140. The van der Waals surface area contributed by atoms with Crippen LogP contribution in [0.15, 0.2) is 17.1 Å². The summed E-state index contributed by atoms with van der Waals surface area (Å²) < 4.78 is 44.4. The van der Waals surface area contributed by atoms with E-state index >= 15 is 0 Å². The second kappa shape index (κ2) is 6.59. The predicted molar refractivity (Wildman–Crippen MR) is 98.1 cm³/mol. The summed E-state index contributed by atoms with van der Waals surface area (Å²) in [5, 5.41) is 3.56. The van der Waals surface area contributed by atoms with E-state index < -0.39 is 22.7 Å². The molecule has 0 aliphatic rings. The molecular weight excluding hydrogens is 379 g/mol. The van der Waals surface area contributed by atoms with Crippen LogP contribution < -0.4 is 5.56 Å². The maximum absolute atomic E-state index is 13.8. The number of aromatic nitrogens is 5. The molecule has 0 radical (unpaired) electrons. The van der Waals surface area contributed by atoms with Crippen LogP contribution in [0, 0.1) is 11.7 Å². The van der Waals surface area contributed by atoms with Crippen LogP contribution in [-0.2, 0) is 13.2 Å². The Kier molecular flexibility index (Phi) is 4.71. The van der Waals surface area contributed by atoms with Crippen molar-refractivity contribution in [2.75, 3.05) is 0 Å². The summed E-state index contributed by atoms with van der Waals surface area (Å²) in [5.41, 5.74) is -0.799. The summed E-state index contributed by atoms with van der Waals surface area (Å²) in [7, 11) is 1.69. The number of nitrogens with one attached hydrogen (secondary N) is 1. The van der Waals surface area contributed by atoms with Gasteiger partial charge in [-0.25, -0.2) is 4.98 Å². The van der Waals surface area contributed by atoms with E-state index in [1.807, 2.05) is 13.8 Å². The fourth-order valence-corrected chi connectivity index (χ4v) is 3.31. The maximum atomic E-state index is 13.8. The molecule has 1 N–H and O–H groups in total. The van der Waals surface area contributed by atoms with Gasteiger partial charge in [-0.05, 0) is 38.6 Å². The summed E-state index contributed by atoms with van der Waals surface area (Å²) in [5.74, 6) is 0. The van der Waals surface area contributed by atoms with Crippen LogP contribution in [0.1, 0.15) is 37.6 Å². The molecule has 0 aliphatic carbocycles. The highest BCUT2D eigenvalue weighted by molar-refractivity contribution is 7.71. The molecule has 0 spiro atoms. The molecule has 6 nitrogen and oxygen atoms in total. The van der Waals surface area contributed by atoms with Gasteiger partial charge in [0, 0.05) is 24.3 Å². The Balaban J connectivity index is 2.54. The molecule has 3 rings (SSSR count). The van der Waals surface area contributed by atoms with Gasteiger partial charge in [0.05, 0.1) is 22.8 Å². The van der Waals surface area contributed by atoms with Crippen LogP contribution in [0.5, 0.6) is 0 Å². The van der Waals surface area contributed by atoms with Gasteiger partial charge in [0.25, 0.3) is 5.56 Å². The van der Waals surface area contributed by atoms with Crippen molar-refractivity contribution in [3.05, 3.63) is 38.6 Å². The van der Waals surface area contributed by atoms with Gasteiger partial charge >= 0.3 is 6.18 Å². The molecule has 3 heterocycles. The van der Waals surface area contributed by atoms with Crippen LogP contribution in [0.25, 0.3) is 22.3 Å². The molecule has 0 aromatic carbocycles. The molecule has 3 aromatic heterocycles. The average molecular weight is 397 g/mol. The molecule has 0 saturated carbocycles. The number of alkyl halides is 3. The molecule has 0 aliphatic heterocycles. The Morgan fingerprint density at radius 3 is 2.56 bits per heavy atom. The lowest BCUT2D eigenvalue weighted by Crippen LogP contribution is -2.22. The molecule has 3 aromatic rings. The third-order valence-corrected chi connectivity index (χ3v) is 5.04. The van der Waals surface area contributed by atoms with Crippen molar-refractivity contribution in [3.63, 3.8) is 0 Å². The SMILES string of the molecule is CCC(C)n1c(=S)[nH]c(=O)c2c(C(F)(F)F)cc(-c3cnn(C)c3C)nc21. The molecule has 144 valence electrons. The van der Waals surface area contributed by atoms with E-state index in [0.29, 0.717) is 17.7 Å². The van der Waals surface area contributed by atoms with E-state index in [2.05, 4.69) is 15.1 Å². The van der Waals surface area contributed by atoms with Gasteiger partial charge in [-0.1, -0.05) is 6.92 Å². The number of hydrogen-bond donors (Lipinski definition) is 1. The Hall–Kier alpha value is -2.49. The van der Waals surface area contributed by atoms with Crippen molar-refractivity contribution >= 4 is 23.3 Å². The van der Waals surface area contributed by atoms with Gasteiger partial charge in [0.2, 0.25) is 0 Å². The van der Waals surface area contributed by atoms with E-state index in [1.165, 1.54) is 10.8 Å². The van der Waals surface area contributed by atoms with Crippen molar-refractivity contribution in [1.82, 2.24) is 24.3 Å². The molecule has 10 heteroatoms. The first kappa shape index (κ1) is 19.3. The van der Waals surface area contributed by atoms with Crippen LogP contribution in [0.4, 0.5) is 13.2 Å². The summed E-state index contributed by atoms with van der Waals surface area (Å²) in [6, 6.07) is 0.654. The zero-order valence-electron chi connectivity index (χ0n) is 15.2. The second-order valence-corrected chi connectivity index (χ2v) is 6.79. The third kappa shape index (κ3) is 3.18. The smallest absolute Gasteiger partial charge is 0.300 e. The van der Waals surface area contributed by atoms with Crippen LogP contribution >= 0.6 is 12.2 Å². The average Bonchev–Trinajstić information content (AvgIpc) is 2.91. The number of hydrogen-bond acceptors (Lipinski definition) is 4. The molecule has 0 bridgehead atoms. The van der Waals surface area contributed by atoms with E-state index in [0.717, 1.165) is 6.07 Å². The lowest BCUT2D eigenvalue weighted by Gasteiger charge is -2.19. The van der Waals surface area contributed by atoms with Crippen LogP contribution in [0.2, 0.25) is 0 Å². The van der Waals surface area contributed by atoms with Crippen molar-refractivity contribution in [3.8, 4) is 11.3 Å². The Morgan fingerprint density at radius 2 is 2.04 bits per heavy atom. The predicted octanol–water partition coefficient (Wildman–Crippen LogP) is 4.15. The van der Waals surface area contributed by atoms with Gasteiger partial charge in [-0.3, -0.25) is 19.0 Å². The number of pyridine rings is 1. The van der Waals surface area contributed by atoms with Crippen LogP contribution in [-0.4, -0.2) is 24.3 Å². The zero-order valence-corrected chi connectivity index (χ0v) is 16.0. The van der Waals surface area contributed by atoms with Crippen molar-refractivity contribution in [1.29, 1.82) is 0 Å². The summed E-state index contributed by atoms with van der Waals surface area (Å²) >= 11 is 5.21. The summed E-state index contributed by atoms with van der Waals surface area (Å²) in [6.07, 6.45) is -2.66. The monoisotopic (exact) mass is 397 g/mol. The summed E-state index contributed by atoms with van der Waals surface area (Å²) in [6.45, 7) is 5.42. The fourth-order valence-electron chi connectivity index (χ4n) is 2.95. The molecule has 0 saturated heterocycles. The Labute approximate surface area is 157 Å². The minimum Gasteiger partial charge on any atom is -0.300 e. The first-order chi connectivity index (χ1) is 12.6. The molecule has 0 fully saturated rings. The van der Waals surface area contributed by atoms with E-state index in [4.69, 9.17) is 12.2 Å². The van der Waals surface area contributed by atoms with E-state index in [-0.39, 0.29) is 22.2 Å². The number of rotatable bonds is 3. The normalized spacial score (nSPS) is 13.3. The minimum absolute atomic E-state index is 0.0440. The fraction of sp³-hybridized carbons (Fsp3) is 0.412. The third-order valence-electron chi connectivity index (χ3n) is 4.74. The number of aromatic amines is 1. The van der Waals surface area contributed by atoms with Crippen molar-refractivity contribution in [2.45, 2.75) is 39.4 Å². The first-order valence-electron chi connectivity index (χ1n) is 8.32. The molecule has 27 heavy (non-hydrogen) atoms. The quantitative estimate of drug-likeness (QED) is 0.674. The van der Waals surface area contributed by atoms with E-state index in [1.54, 1.807) is 18.7 Å². The molecule has 1 atom stereocenters. The highest BCUT2D eigenvalue weighted by Crippen LogP contribution is 2.36.